The molecule has 2 aliphatic rings. The van der Waals surface area contributed by atoms with Crippen LogP contribution in [0.5, 0.6) is 23.0 Å². The summed E-state index contributed by atoms with van der Waals surface area (Å²) in [5, 5.41) is 2.64. The maximum absolute atomic E-state index is 12.7. The zero-order valence-electron chi connectivity index (χ0n) is 16.3. The molecule has 29 heavy (non-hydrogen) atoms. The molecule has 0 unspecified atom stereocenters. The summed E-state index contributed by atoms with van der Waals surface area (Å²) in [6.45, 7) is 1.73. The first kappa shape index (κ1) is 18.9. The summed E-state index contributed by atoms with van der Waals surface area (Å²) in [5.41, 5.74) is 2.50. The number of nitrogens with one attached hydrogen (secondary N) is 1. The largest absolute Gasteiger partial charge is 0.493 e. The molecule has 8 heteroatoms. The van der Waals surface area contributed by atoms with Gasteiger partial charge in [-0.05, 0) is 41.8 Å². The summed E-state index contributed by atoms with van der Waals surface area (Å²) in [7, 11) is 3.15. The predicted octanol–water partition coefficient (Wildman–Crippen LogP) is 2.00. The number of nitrogens with zero attached hydrogens (tertiary/aromatic N) is 1. The van der Waals surface area contributed by atoms with E-state index in [1.165, 1.54) is 4.90 Å². The Morgan fingerprint density at radius 1 is 0.966 bits per heavy atom. The third-order valence-electron chi connectivity index (χ3n) is 5.00. The minimum absolute atomic E-state index is 0.336. The van der Waals surface area contributed by atoms with Crippen LogP contribution in [0.25, 0.3) is 0 Å². The summed E-state index contributed by atoms with van der Waals surface area (Å²) >= 11 is 0. The molecule has 0 atom stereocenters. The van der Waals surface area contributed by atoms with E-state index in [0.717, 1.165) is 11.1 Å². The average Bonchev–Trinajstić information content (AvgIpc) is 2.77. The van der Waals surface area contributed by atoms with Gasteiger partial charge in [-0.3, -0.25) is 9.59 Å². The molecule has 0 radical (unpaired) electrons. The molecular weight excluding hydrogens is 376 g/mol. The van der Waals surface area contributed by atoms with E-state index in [1.54, 1.807) is 32.4 Å². The minimum atomic E-state index is -0.689. The first-order valence-corrected chi connectivity index (χ1v) is 9.32. The number of hydrogen-bond acceptors (Lipinski definition) is 6. The lowest BCUT2D eigenvalue weighted by molar-refractivity contribution is -0.143. The first-order chi connectivity index (χ1) is 14.1. The van der Waals surface area contributed by atoms with Crippen LogP contribution in [0.15, 0.2) is 30.3 Å². The number of carbonyl (C=O) groups is 2. The van der Waals surface area contributed by atoms with Gasteiger partial charge in [-0.25, -0.2) is 0 Å². The van der Waals surface area contributed by atoms with Gasteiger partial charge in [-0.2, -0.15) is 0 Å². The van der Waals surface area contributed by atoms with Crippen LogP contribution in [0.3, 0.4) is 0 Å². The van der Waals surface area contributed by atoms with Crippen molar-refractivity contribution in [1.29, 1.82) is 0 Å². The summed E-state index contributed by atoms with van der Waals surface area (Å²) < 4.78 is 21.6. The molecule has 0 spiro atoms. The summed E-state index contributed by atoms with van der Waals surface area (Å²) in [5.74, 6) is 1.15. The molecule has 152 valence electrons. The maximum atomic E-state index is 12.7. The standard InChI is InChI=1S/C21H22N2O6/c1-26-17-9-13-5-6-23(12-14(13)10-18(17)27-2)21(25)20(24)22-15-3-4-16-19(11-15)29-8-7-28-16/h3-4,9-11H,5-8,12H2,1-2H3,(H,22,24). The number of anilines is 1. The number of hydrogen-bond donors (Lipinski definition) is 1. The second kappa shape index (κ2) is 7.90. The topological polar surface area (TPSA) is 86.3 Å². The van der Waals surface area contributed by atoms with E-state index in [4.69, 9.17) is 18.9 Å². The maximum Gasteiger partial charge on any atom is 0.313 e. The average molecular weight is 398 g/mol. The molecule has 0 bridgehead atoms. The van der Waals surface area contributed by atoms with Crippen molar-refractivity contribution in [3.05, 3.63) is 41.5 Å². The van der Waals surface area contributed by atoms with Gasteiger partial charge < -0.3 is 29.2 Å². The molecule has 0 saturated carbocycles. The number of fused-ring (bicyclic) bond motifs is 2. The highest BCUT2D eigenvalue weighted by atomic mass is 16.6. The van der Waals surface area contributed by atoms with Crippen LogP contribution in [0.4, 0.5) is 5.69 Å². The number of benzene rings is 2. The predicted molar refractivity (Wildman–Crippen MR) is 105 cm³/mol. The van der Waals surface area contributed by atoms with Crippen molar-refractivity contribution in [2.24, 2.45) is 0 Å². The van der Waals surface area contributed by atoms with Gasteiger partial charge in [-0.1, -0.05) is 0 Å². The van der Waals surface area contributed by atoms with Gasteiger partial charge in [0.15, 0.2) is 23.0 Å². The molecule has 2 aromatic rings. The Labute approximate surface area is 168 Å². The normalized spacial score (nSPS) is 14.6. The molecule has 2 aromatic carbocycles. The van der Waals surface area contributed by atoms with E-state index in [-0.39, 0.29) is 0 Å². The molecule has 0 aromatic heterocycles. The Morgan fingerprint density at radius 3 is 2.38 bits per heavy atom. The van der Waals surface area contributed by atoms with E-state index in [0.29, 0.717) is 61.4 Å². The van der Waals surface area contributed by atoms with E-state index in [2.05, 4.69) is 5.32 Å². The van der Waals surface area contributed by atoms with Crippen LogP contribution in [0.2, 0.25) is 0 Å². The van der Waals surface area contributed by atoms with Crippen molar-refractivity contribution in [3.8, 4) is 23.0 Å². The zero-order valence-corrected chi connectivity index (χ0v) is 16.3. The highest BCUT2D eigenvalue weighted by Crippen LogP contribution is 2.34. The number of ether oxygens (including phenoxy) is 4. The SMILES string of the molecule is COc1cc2c(cc1OC)CN(C(=O)C(=O)Nc1ccc3c(c1)OCCO3)CC2. The first-order valence-electron chi connectivity index (χ1n) is 9.32. The van der Waals surface area contributed by atoms with Crippen molar-refractivity contribution in [1.82, 2.24) is 4.90 Å². The van der Waals surface area contributed by atoms with Crippen LogP contribution in [0, 0.1) is 0 Å². The van der Waals surface area contributed by atoms with Crippen LogP contribution < -0.4 is 24.3 Å². The van der Waals surface area contributed by atoms with Gasteiger partial charge in [-0.15, -0.1) is 0 Å². The third kappa shape index (κ3) is 3.78. The zero-order chi connectivity index (χ0) is 20.4. The third-order valence-corrected chi connectivity index (χ3v) is 5.00. The molecule has 2 heterocycles. The Kier molecular flexibility index (Phi) is 5.16. The summed E-state index contributed by atoms with van der Waals surface area (Å²) in [6, 6.07) is 8.83. The van der Waals surface area contributed by atoms with E-state index in [1.807, 2.05) is 12.1 Å². The molecule has 4 rings (SSSR count). The van der Waals surface area contributed by atoms with E-state index < -0.39 is 11.8 Å². The van der Waals surface area contributed by atoms with Crippen molar-refractivity contribution >= 4 is 17.5 Å². The van der Waals surface area contributed by atoms with Gasteiger partial charge in [0.1, 0.15) is 13.2 Å². The number of rotatable bonds is 3. The lowest BCUT2D eigenvalue weighted by atomic mass is 9.98. The van der Waals surface area contributed by atoms with Crippen LogP contribution in [0.1, 0.15) is 11.1 Å². The Balaban J connectivity index is 1.45. The van der Waals surface area contributed by atoms with Crippen molar-refractivity contribution < 1.29 is 28.5 Å². The van der Waals surface area contributed by atoms with Gasteiger partial charge >= 0.3 is 11.8 Å². The smallest absolute Gasteiger partial charge is 0.313 e. The molecule has 2 amide bonds. The Bertz CT molecular complexity index is 958. The molecular formula is C21H22N2O6. The van der Waals surface area contributed by atoms with Crippen LogP contribution in [-0.4, -0.2) is 50.7 Å². The highest BCUT2D eigenvalue weighted by molar-refractivity contribution is 6.39. The molecule has 2 aliphatic heterocycles. The fraction of sp³-hybridized carbons (Fsp3) is 0.333. The minimum Gasteiger partial charge on any atom is -0.493 e. The molecule has 0 aliphatic carbocycles. The number of carbonyl (C=O) groups excluding carboxylic acids is 2. The second-order valence-electron chi connectivity index (χ2n) is 6.77. The second-order valence-corrected chi connectivity index (χ2v) is 6.77. The lowest BCUT2D eigenvalue weighted by Crippen LogP contribution is -2.42. The Morgan fingerprint density at radius 2 is 1.66 bits per heavy atom. The fourth-order valence-corrected chi connectivity index (χ4v) is 3.51. The molecule has 1 N–H and O–H groups in total. The molecule has 0 saturated heterocycles. The Hall–Kier alpha value is -3.42. The highest BCUT2D eigenvalue weighted by Gasteiger charge is 2.27. The lowest BCUT2D eigenvalue weighted by Gasteiger charge is -2.29. The summed E-state index contributed by atoms with van der Waals surface area (Å²) in [4.78, 5) is 26.7. The van der Waals surface area contributed by atoms with Gasteiger partial charge in [0.05, 0.1) is 14.2 Å². The monoisotopic (exact) mass is 398 g/mol. The van der Waals surface area contributed by atoms with Gasteiger partial charge in [0, 0.05) is 24.8 Å². The van der Waals surface area contributed by atoms with Gasteiger partial charge in [0.25, 0.3) is 0 Å². The molecule has 0 fully saturated rings. The number of amides is 2. The van der Waals surface area contributed by atoms with Crippen LogP contribution in [-0.2, 0) is 22.6 Å². The van der Waals surface area contributed by atoms with Crippen molar-refractivity contribution in [2.45, 2.75) is 13.0 Å². The fourth-order valence-electron chi connectivity index (χ4n) is 3.51. The van der Waals surface area contributed by atoms with E-state index >= 15 is 0 Å². The molecule has 8 nitrogen and oxygen atoms in total. The quantitative estimate of drug-likeness (QED) is 0.796. The van der Waals surface area contributed by atoms with Crippen molar-refractivity contribution in [2.75, 3.05) is 39.3 Å². The number of methoxy groups -OCH3 is 2. The van der Waals surface area contributed by atoms with E-state index in [9.17, 15) is 9.59 Å². The van der Waals surface area contributed by atoms with Crippen LogP contribution >= 0.6 is 0 Å². The van der Waals surface area contributed by atoms with Gasteiger partial charge in [0.2, 0.25) is 0 Å². The van der Waals surface area contributed by atoms with Crippen molar-refractivity contribution in [3.63, 3.8) is 0 Å². The summed E-state index contributed by atoms with van der Waals surface area (Å²) in [6.07, 6.45) is 0.638.